The monoisotopic (exact) mass is 276 g/mol. The van der Waals surface area contributed by atoms with Gasteiger partial charge in [0.2, 0.25) is 10.0 Å². The first-order valence-corrected chi connectivity index (χ1v) is 7.46. The second-order valence-corrected chi connectivity index (χ2v) is 6.26. The van der Waals surface area contributed by atoms with E-state index >= 15 is 0 Å². The number of aromatic nitrogens is 1. The molecule has 19 heavy (non-hydrogen) atoms. The molecule has 0 fully saturated rings. The third-order valence-electron chi connectivity index (χ3n) is 2.86. The van der Waals surface area contributed by atoms with Gasteiger partial charge in [0, 0.05) is 31.9 Å². The average Bonchev–Trinajstić information content (AvgIpc) is 2.46. The van der Waals surface area contributed by atoms with Crippen LogP contribution in [-0.2, 0) is 16.4 Å². The highest BCUT2D eigenvalue weighted by molar-refractivity contribution is 7.89. The molecule has 1 heterocycles. The van der Waals surface area contributed by atoms with Gasteiger partial charge in [0.25, 0.3) is 0 Å². The third-order valence-corrected chi connectivity index (χ3v) is 4.73. The Morgan fingerprint density at radius 2 is 1.74 bits per heavy atom. The number of pyridine rings is 1. The molecule has 0 saturated heterocycles. The van der Waals surface area contributed by atoms with Crippen LogP contribution in [0.4, 0.5) is 0 Å². The van der Waals surface area contributed by atoms with Crippen LogP contribution in [0.1, 0.15) is 5.69 Å². The molecule has 0 radical (unpaired) electrons. The van der Waals surface area contributed by atoms with Crippen molar-refractivity contribution in [1.29, 1.82) is 0 Å². The summed E-state index contributed by atoms with van der Waals surface area (Å²) in [6.07, 6.45) is 2.31. The van der Waals surface area contributed by atoms with E-state index in [1.807, 2.05) is 18.2 Å². The van der Waals surface area contributed by atoms with Gasteiger partial charge in [0.15, 0.2) is 0 Å². The predicted octanol–water partition coefficient (Wildman–Crippen LogP) is 1.94. The molecule has 2 rings (SSSR count). The van der Waals surface area contributed by atoms with Crippen LogP contribution in [0.25, 0.3) is 0 Å². The summed E-state index contributed by atoms with van der Waals surface area (Å²) in [6, 6.07) is 14.1. The van der Waals surface area contributed by atoms with Gasteiger partial charge in [0.1, 0.15) is 0 Å². The number of nitrogens with zero attached hydrogens (tertiary/aromatic N) is 2. The molecule has 0 N–H and O–H groups in total. The summed E-state index contributed by atoms with van der Waals surface area (Å²) < 4.78 is 25.9. The molecule has 5 heteroatoms. The van der Waals surface area contributed by atoms with Crippen molar-refractivity contribution in [2.75, 3.05) is 13.6 Å². The lowest BCUT2D eigenvalue weighted by molar-refractivity contribution is 0.471. The average molecular weight is 276 g/mol. The summed E-state index contributed by atoms with van der Waals surface area (Å²) in [7, 11) is -1.82. The van der Waals surface area contributed by atoms with E-state index in [0.717, 1.165) is 5.69 Å². The van der Waals surface area contributed by atoms with Crippen LogP contribution < -0.4 is 0 Å². The SMILES string of the molecule is CN(CCc1ccccn1)S(=O)(=O)c1ccccc1. The molecule has 0 amide bonds. The smallest absolute Gasteiger partial charge is 0.242 e. The second kappa shape index (κ2) is 5.95. The van der Waals surface area contributed by atoms with Crippen molar-refractivity contribution in [3.05, 3.63) is 60.4 Å². The number of likely N-dealkylation sites (N-methyl/N-ethyl adjacent to an activating group) is 1. The van der Waals surface area contributed by atoms with E-state index in [9.17, 15) is 8.42 Å². The van der Waals surface area contributed by atoms with Crippen molar-refractivity contribution in [1.82, 2.24) is 9.29 Å². The molecule has 0 spiro atoms. The minimum Gasteiger partial charge on any atom is -0.261 e. The third kappa shape index (κ3) is 3.39. The molecule has 100 valence electrons. The molecule has 4 nitrogen and oxygen atoms in total. The van der Waals surface area contributed by atoms with Crippen molar-refractivity contribution in [2.24, 2.45) is 0 Å². The molecule has 0 aliphatic carbocycles. The Bertz CT molecular complexity index is 612. The lowest BCUT2D eigenvalue weighted by Gasteiger charge is -2.16. The molecule has 0 bridgehead atoms. The van der Waals surface area contributed by atoms with E-state index in [4.69, 9.17) is 0 Å². The summed E-state index contributed by atoms with van der Waals surface area (Å²) in [5.74, 6) is 0. The van der Waals surface area contributed by atoms with Crippen LogP contribution in [-0.4, -0.2) is 31.3 Å². The number of rotatable bonds is 5. The fourth-order valence-electron chi connectivity index (χ4n) is 1.71. The molecule has 2 aromatic rings. The Balaban J connectivity index is 2.06. The highest BCUT2D eigenvalue weighted by Gasteiger charge is 2.19. The summed E-state index contributed by atoms with van der Waals surface area (Å²) in [5.41, 5.74) is 0.887. The molecular formula is C14H16N2O2S. The lowest BCUT2D eigenvalue weighted by Crippen LogP contribution is -2.29. The van der Waals surface area contributed by atoms with E-state index < -0.39 is 10.0 Å². The van der Waals surface area contributed by atoms with Gasteiger partial charge < -0.3 is 0 Å². The maximum absolute atomic E-state index is 12.3. The minimum atomic E-state index is -3.40. The molecule has 0 unspecified atom stereocenters. The molecule has 0 saturated carbocycles. The van der Waals surface area contributed by atoms with Crippen molar-refractivity contribution in [3.63, 3.8) is 0 Å². The summed E-state index contributed by atoms with van der Waals surface area (Å²) in [4.78, 5) is 4.50. The number of benzene rings is 1. The summed E-state index contributed by atoms with van der Waals surface area (Å²) >= 11 is 0. The molecule has 1 aromatic heterocycles. The van der Waals surface area contributed by atoms with Gasteiger partial charge in [-0.1, -0.05) is 24.3 Å². The maximum atomic E-state index is 12.3. The van der Waals surface area contributed by atoms with Crippen LogP contribution in [0.2, 0.25) is 0 Å². The zero-order valence-corrected chi connectivity index (χ0v) is 11.5. The lowest BCUT2D eigenvalue weighted by atomic mass is 10.3. The van der Waals surface area contributed by atoms with Gasteiger partial charge in [-0.3, -0.25) is 4.98 Å². The molecular weight excluding hydrogens is 260 g/mol. The van der Waals surface area contributed by atoms with E-state index in [2.05, 4.69) is 4.98 Å². The van der Waals surface area contributed by atoms with Crippen LogP contribution in [0, 0.1) is 0 Å². The Kier molecular flexibility index (Phi) is 4.29. The van der Waals surface area contributed by atoms with Crippen LogP contribution in [0.3, 0.4) is 0 Å². The van der Waals surface area contributed by atoms with Gasteiger partial charge in [-0.2, -0.15) is 0 Å². The van der Waals surface area contributed by atoms with Gasteiger partial charge in [-0.25, -0.2) is 12.7 Å². The van der Waals surface area contributed by atoms with Gasteiger partial charge in [0.05, 0.1) is 4.90 Å². The topological polar surface area (TPSA) is 50.3 Å². The molecule has 0 aliphatic rings. The fraction of sp³-hybridized carbons (Fsp3) is 0.214. The van der Waals surface area contributed by atoms with E-state index in [-0.39, 0.29) is 0 Å². The van der Waals surface area contributed by atoms with Crippen molar-refractivity contribution in [2.45, 2.75) is 11.3 Å². The quantitative estimate of drug-likeness (QED) is 0.838. The largest absolute Gasteiger partial charge is 0.261 e. The van der Waals surface area contributed by atoms with Crippen LogP contribution in [0.5, 0.6) is 0 Å². The van der Waals surface area contributed by atoms with Crippen molar-refractivity contribution < 1.29 is 8.42 Å². The first-order valence-electron chi connectivity index (χ1n) is 6.02. The highest BCUT2D eigenvalue weighted by Crippen LogP contribution is 2.13. The second-order valence-electron chi connectivity index (χ2n) is 4.21. The van der Waals surface area contributed by atoms with E-state index in [1.54, 1.807) is 43.6 Å². The maximum Gasteiger partial charge on any atom is 0.242 e. The normalized spacial score (nSPS) is 11.7. The van der Waals surface area contributed by atoms with Gasteiger partial charge in [-0.05, 0) is 24.3 Å². The predicted molar refractivity (Wildman–Crippen MR) is 74.2 cm³/mol. The summed E-state index contributed by atoms with van der Waals surface area (Å²) in [6.45, 7) is 0.411. The molecule has 1 aromatic carbocycles. The Morgan fingerprint density at radius 3 is 2.37 bits per heavy atom. The van der Waals surface area contributed by atoms with E-state index in [0.29, 0.717) is 17.9 Å². The molecule has 0 aliphatic heterocycles. The zero-order chi connectivity index (χ0) is 13.7. The summed E-state index contributed by atoms with van der Waals surface area (Å²) in [5, 5.41) is 0. The van der Waals surface area contributed by atoms with Crippen molar-refractivity contribution in [3.8, 4) is 0 Å². The standard InChI is InChI=1S/C14H16N2O2S/c1-16(12-10-13-7-5-6-11-15-13)19(17,18)14-8-3-2-4-9-14/h2-9,11H,10,12H2,1H3. The zero-order valence-electron chi connectivity index (χ0n) is 10.7. The Hall–Kier alpha value is -1.72. The van der Waals surface area contributed by atoms with Gasteiger partial charge in [-0.15, -0.1) is 0 Å². The molecule has 0 atom stereocenters. The minimum absolute atomic E-state index is 0.318. The number of hydrogen-bond donors (Lipinski definition) is 0. The van der Waals surface area contributed by atoms with Crippen molar-refractivity contribution >= 4 is 10.0 Å². The first-order chi connectivity index (χ1) is 9.10. The van der Waals surface area contributed by atoms with Crippen LogP contribution >= 0.6 is 0 Å². The van der Waals surface area contributed by atoms with E-state index in [1.165, 1.54) is 4.31 Å². The number of sulfonamides is 1. The number of hydrogen-bond acceptors (Lipinski definition) is 3. The first kappa shape index (κ1) is 13.7. The Labute approximate surface area is 113 Å². The highest BCUT2D eigenvalue weighted by atomic mass is 32.2. The Morgan fingerprint density at radius 1 is 1.05 bits per heavy atom. The fourth-order valence-corrected chi connectivity index (χ4v) is 2.90. The van der Waals surface area contributed by atoms with Gasteiger partial charge >= 0.3 is 0 Å². The van der Waals surface area contributed by atoms with Crippen LogP contribution in [0.15, 0.2) is 59.6 Å².